The number of hydrogen-bond donors (Lipinski definition) is 3. The first-order valence-corrected chi connectivity index (χ1v) is 5.06. The van der Waals surface area contributed by atoms with Crippen molar-refractivity contribution < 1.29 is 29.4 Å². The van der Waals surface area contributed by atoms with Gasteiger partial charge in [-0.05, 0) is 0 Å². The summed E-state index contributed by atoms with van der Waals surface area (Å²) in [6.07, 6.45) is -1.72. The molecule has 3 N–H and O–H groups in total. The third kappa shape index (κ3) is 3.17. The van der Waals surface area contributed by atoms with Crippen LogP contribution in [0.1, 0.15) is 0 Å². The van der Waals surface area contributed by atoms with E-state index in [0.29, 0.717) is 0 Å². The van der Waals surface area contributed by atoms with Crippen LogP contribution in [0.25, 0.3) is 0 Å². The third-order valence-electron chi connectivity index (χ3n) is 2.31. The lowest BCUT2D eigenvalue weighted by Crippen LogP contribution is -2.44. The maximum Gasteiger partial charge on any atom is 0.334 e. The van der Waals surface area contributed by atoms with Crippen molar-refractivity contribution in [3.05, 3.63) is 0 Å². The molecule has 0 bridgehead atoms. The Labute approximate surface area is 102 Å². The van der Waals surface area contributed by atoms with Crippen molar-refractivity contribution in [1.29, 1.82) is 0 Å². The Morgan fingerprint density at radius 2 is 2.06 bits per heavy atom. The van der Waals surface area contributed by atoms with Crippen LogP contribution in [0.2, 0.25) is 0 Å². The van der Waals surface area contributed by atoms with Gasteiger partial charge in [-0.25, -0.2) is 9.59 Å². The topological polar surface area (TPSA) is 127 Å². The zero-order valence-corrected chi connectivity index (χ0v) is 9.62. The van der Waals surface area contributed by atoms with Crippen molar-refractivity contribution in [3.8, 4) is 0 Å². The van der Waals surface area contributed by atoms with E-state index in [0.717, 1.165) is 9.80 Å². The summed E-state index contributed by atoms with van der Waals surface area (Å²) in [5.41, 5.74) is 0. The second-order valence-electron chi connectivity index (χ2n) is 3.78. The molecule has 0 aromatic carbocycles. The minimum Gasteiger partial charge on any atom is -0.479 e. The number of aliphatic hydroxyl groups excluding tert-OH is 1. The Morgan fingerprint density at radius 1 is 1.44 bits per heavy atom. The number of rotatable bonds is 5. The lowest BCUT2D eigenvalue weighted by molar-refractivity contribution is -0.146. The van der Waals surface area contributed by atoms with Crippen molar-refractivity contribution in [1.82, 2.24) is 15.1 Å². The molecule has 1 fully saturated rings. The molecule has 100 valence electrons. The highest BCUT2D eigenvalue weighted by Gasteiger charge is 2.34. The Morgan fingerprint density at radius 3 is 2.50 bits per heavy atom. The Bertz CT molecular complexity index is 396. The van der Waals surface area contributed by atoms with Crippen molar-refractivity contribution in [2.45, 2.75) is 6.10 Å². The average molecular weight is 259 g/mol. The lowest BCUT2D eigenvalue weighted by atomic mass is 10.3. The van der Waals surface area contributed by atoms with Crippen LogP contribution >= 0.6 is 0 Å². The summed E-state index contributed by atoms with van der Waals surface area (Å²) in [5.74, 6) is -2.69. The van der Waals surface area contributed by atoms with Crippen LogP contribution in [0.3, 0.4) is 0 Å². The van der Waals surface area contributed by atoms with Gasteiger partial charge < -0.3 is 20.4 Å². The van der Waals surface area contributed by atoms with Crippen molar-refractivity contribution >= 4 is 23.8 Å². The molecule has 0 aromatic heterocycles. The first-order valence-electron chi connectivity index (χ1n) is 5.06. The highest BCUT2D eigenvalue weighted by Crippen LogP contribution is 2.06. The van der Waals surface area contributed by atoms with Gasteiger partial charge in [0, 0.05) is 7.05 Å². The van der Waals surface area contributed by atoms with E-state index in [4.69, 9.17) is 10.2 Å². The number of amides is 4. The van der Waals surface area contributed by atoms with Gasteiger partial charge in [-0.3, -0.25) is 14.5 Å². The Hall–Kier alpha value is -2.16. The number of carboxylic acid groups (broad SMARTS) is 1. The minimum absolute atomic E-state index is 0.0934. The number of aliphatic carboxylic acids is 1. The van der Waals surface area contributed by atoms with Gasteiger partial charge in [0.25, 0.3) is 5.91 Å². The second-order valence-corrected chi connectivity index (χ2v) is 3.78. The fourth-order valence-corrected chi connectivity index (χ4v) is 1.32. The molecule has 1 saturated heterocycles. The molecule has 0 aliphatic carbocycles. The van der Waals surface area contributed by atoms with Gasteiger partial charge in [-0.1, -0.05) is 0 Å². The number of carboxylic acids is 1. The van der Waals surface area contributed by atoms with E-state index in [1.807, 2.05) is 0 Å². The van der Waals surface area contributed by atoms with Gasteiger partial charge >= 0.3 is 12.0 Å². The number of hydrogen-bond acceptors (Lipinski definition) is 5. The average Bonchev–Trinajstić information content (AvgIpc) is 2.52. The molecular weight excluding hydrogens is 246 g/mol. The second kappa shape index (κ2) is 5.45. The van der Waals surface area contributed by atoms with Crippen LogP contribution in [0, 0.1) is 0 Å². The molecule has 0 aromatic rings. The highest BCUT2D eigenvalue weighted by molar-refractivity contribution is 6.04. The summed E-state index contributed by atoms with van der Waals surface area (Å²) in [7, 11) is 1.42. The van der Waals surface area contributed by atoms with Gasteiger partial charge in [0.15, 0.2) is 6.10 Å². The van der Waals surface area contributed by atoms with E-state index in [2.05, 4.69) is 5.32 Å². The van der Waals surface area contributed by atoms with E-state index in [1.54, 1.807) is 0 Å². The van der Waals surface area contributed by atoms with Crippen molar-refractivity contribution in [2.24, 2.45) is 0 Å². The van der Waals surface area contributed by atoms with Gasteiger partial charge in [-0.15, -0.1) is 0 Å². The number of aliphatic hydroxyl groups is 1. The van der Waals surface area contributed by atoms with E-state index < -0.39 is 43.0 Å². The first-order chi connectivity index (χ1) is 8.32. The van der Waals surface area contributed by atoms with Crippen LogP contribution in [-0.2, 0) is 14.4 Å². The zero-order chi connectivity index (χ0) is 13.9. The fourth-order valence-electron chi connectivity index (χ4n) is 1.32. The monoisotopic (exact) mass is 259 g/mol. The van der Waals surface area contributed by atoms with Gasteiger partial charge in [0.1, 0.15) is 13.1 Å². The Kier molecular flexibility index (Phi) is 4.21. The number of carbonyl (C=O) groups excluding carboxylic acids is 3. The van der Waals surface area contributed by atoms with Crippen LogP contribution < -0.4 is 5.32 Å². The summed E-state index contributed by atoms with van der Waals surface area (Å²) in [6.45, 7) is -1.07. The van der Waals surface area contributed by atoms with Gasteiger partial charge in [0.05, 0.1) is 6.54 Å². The number of imide groups is 1. The summed E-state index contributed by atoms with van der Waals surface area (Å²) >= 11 is 0. The normalized spacial score (nSPS) is 17.0. The molecule has 18 heavy (non-hydrogen) atoms. The van der Waals surface area contributed by atoms with E-state index in [9.17, 15) is 19.2 Å². The van der Waals surface area contributed by atoms with Gasteiger partial charge in [0.2, 0.25) is 5.91 Å². The molecule has 1 aliphatic rings. The molecule has 1 atom stereocenters. The Balaban J connectivity index is 2.43. The predicted octanol–water partition coefficient (Wildman–Crippen LogP) is -2.56. The molecule has 1 aliphatic heterocycles. The molecule has 9 heteroatoms. The molecule has 1 heterocycles. The molecule has 9 nitrogen and oxygen atoms in total. The number of carbonyl (C=O) groups is 4. The zero-order valence-electron chi connectivity index (χ0n) is 9.62. The maximum atomic E-state index is 11.4. The molecule has 0 spiro atoms. The predicted molar refractivity (Wildman–Crippen MR) is 56.4 cm³/mol. The summed E-state index contributed by atoms with van der Waals surface area (Å²) < 4.78 is 0. The van der Waals surface area contributed by atoms with Crippen LogP contribution in [0.5, 0.6) is 0 Å². The number of likely N-dealkylation sites (N-methyl/N-ethyl adjacent to an activating group) is 1. The smallest absolute Gasteiger partial charge is 0.334 e. The van der Waals surface area contributed by atoms with Crippen molar-refractivity contribution in [2.75, 3.05) is 26.7 Å². The van der Waals surface area contributed by atoms with E-state index in [1.165, 1.54) is 7.05 Å². The van der Waals surface area contributed by atoms with Crippen LogP contribution in [0.4, 0.5) is 4.79 Å². The maximum absolute atomic E-state index is 11.4. The summed E-state index contributed by atoms with van der Waals surface area (Å²) in [4.78, 5) is 46.2. The molecule has 4 amide bonds. The number of urea groups is 1. The van der Waals surface area contributed by atoms with Crippen LogP contribution in [0.15, 0.2) is 0 Å². The number of nitrogens with zero attached hydrogens (tertiary/aromatic N) is 2. The molecular formula is C9H13N3O6. The van der Waals surface area contributed by atoms with E-state index >= 15 is 0 Å². The standard InChI is InChI=1S/C9H13N3O6/c1-11-4-7(15)12(9(11)18)3-6(14)10-2-5(13)8(16)17/h5,13H,2-4H2,1H3,(H,10,14)(H,16,17)/t5-/m0/s1. The summed E-state index contributed by atoms with van der Waals surface area (Å²) in [5, 5.41) is 19.4. The first kappa shape index (κ1) is 13.9. The van der Waals surface area contributed by atoms with Crippen molar-refractivity contribution in [3.63, 3.8) is 0 Å². The molecule has 0 radical (unpaired) electrons. The molecule has 0 unspecified atom stereocenters. The lowest BCUT2D eigenvalue weighted by Gasteiger charge is -2.14. The fraction of sp³-hybridized carbons (Fsp3) is 0.556. The van der Waals surface area contributed by atoms with Gasteiger partial charge in [-0.2, -0.15) is 0 Å². The SMILES string of the molecule is CN1CC(=O)N(CC(=O)NC[C@H](O)C(=O)O)C1=O. The summed E-state index contributed by atoms with van der Waals surface area (Å²) in [6, 6.07) is -0.589. The quantitative estimate of drug-likeness (QED) is 0.466. The molecule has 0 saturated carbocycles. The number of nitrogens with one attached hydrogen (secondary N) is 1. The molecule has 1 rings (SSSR count). The van der Waals surface area contributed by atoms with Crippen LogP contribution in [-0.4, -0.2) is 76.6 Å². The minimum atomic E-state index is -1.72. The third-order valence-corrected chi connectivity index (χ3v) is 2.31. The largest absolute Gasteiger partial charge is 0.479 e. The van der Waals surface area contributed by atoms with E-state index in [-0.39, 0.29) is 6.54 Å². The highest BCUT2D eigenvalue weighted by atomic mass is 16.4.